The molecule has 162 valence electrons. The van der Waals surface area contributed by atoms with Crippen molar-refractivity contribution in [2.45, 2.75) is 38.0 Å². The van der Waals surface area contributed by atoms with Gasteiger partial charge in [-0.2, -0.15) is 4.31 Å². The molecule has 2 aliphatic heterocycles. The lowest BCUT2D eigenvalue weighted by atomic mass is 10.0. The SMILES string of the molecule is CC1CCCCN1c1ccc(N2CCN(S(=O)(=O)Cc3ccc(F)cc3)CC2)nn1. The molecule has 0 spiro atoms. The fourth-order valence-electron chi connectivity index (χ4n) is 4.16. The van der Waals surface area contributed by atoms with E-state index < -0.39 is 10.0 Å². The molecule has 2 saturated heterocycles. The van der Waals surface area contributed by atoms with Crippen LogP contribution in [0, 0.1) is 5.82 Å². The number of anilines is 2. The van der Waals surface area contributed by atoms with Crippen LogP contribution in [0.2, 0.25) is 0 Å². The van der Waals surface area contributed by atoms with Gasteiger partial charge in [0.25, 0.3) is 0 Å². The summed E-state index contributed by atoms with van der Waals surface area (Å²) in [6.45, 7) is 5.17. The molecular weight excluding hydrogens is 405 g/mol. The number of benzene rings is 1. The summed E-state index contributed by atoms with van der Waals surface area (Å²) < 4.78 is 40.0. The minimum atomic E-state index is -3.44. The van der Waals surface area contributed by atoms with Crippen molar-refractivity contribution in [3.63, 3.8) is 0 Å². The van der Waals surface area contributed by atoms with Crippen LogP contribution in [0.4, 0.5) is 16.0 Å². The lowest BCUT2D eigenvalue weighted by Gasteiger charge is -2.35. The highest BCUT2D eigenvalue weighted by molar-refractivity contribution is 7.88. The third-order valence-corrected chi connectivity index (χ3v) is 7.80. The van der Waals surface area contributed by atoms with Gasteiger partial charge in [-0.1, -0.05) is 12.1 Å². The van der Waals surface area contributed by atoms with Gasteiger partial charge in [0.2, 0.25) is 10.0 Å². The quantitative estimate of drug-likeness (QED) is 0.722. The molecule has 0 radical (unpaired) electrons. The van der Waals surface area contributed by atoms with Crippen molar-refractivity contribution in [3.8, 4) is 0 Å². The summed E-state index contributed by atoms with van der Waals surface area (Å²) in [6, 6.07) is 10.1. The van der Waals surface area contributed by atoms with Crippen LogP contribution < -0.4 is 9.80 Å². The number of hydrogen-bond donors (Lipinski definition) is 0. The predicted molar refractivity (Wildman–Crippen MR) is 116 cm³/mol. The van der Waals surface area contributed by atoms with Crippen molar-refractivity contribution < 1.29 is 12.8 Å². The Morgan fingerprint density at radius 2 is 1.60 bits per heavy atom. The van der Waals surface area contributed by atoms with Crippen LogP contribution in [0.25, 0.3) is 0 Å². The van der Waals surface area contributed by atoms with E-state index in [2.05, 4.69) is 26.9 Å². The van der Waals surface area contributed by atoms with Crippen LogP contribution in [0.1, 0.15) is 31.7 Å². The number of sulfonamides is 1. The predicted octanol–water partition coefficient (Wildman–Crippen LogP) is 2.65. The second-order valence-corrected chi connectivity index (χ2v) is 10.0. The second kappa shape index (κ2) is 8.85. The van der Waals surface area contributed by atoms with Crippen LogP contribution >= 0.6 is 0 Å². The van der Waals surface area contributed by atoms with Gasteiger partial charge in [-0.25, -0.2) is 12.8 Å². The number of nitrogens with zero attached hydrogens (tertiary/aromatic N) is 5. The number of aromatic nitrogens is 2. The molecule has 4 rings (SSSR count). The molecule has 9 heteroatoms. The number of piperazine rings is 1. The van der Waals surface area contributed by atoms with E-state index in [9.17, 15) is 12.8 Å². The van der Waals surface area contributed by atoms with E-state index in [0.717, 1.165) is 18.2 Å². The molecule has 0 amide bonds. The smallest absolute Gasteiger partial charge is 0.218 e. The molecule has 2 fully saturated rings. The summed E-state index contributed by atoms with van der Waals surface area (Å²) >= 11 is 0. The average Bonchev–Trinajstić information content (AvgIpc) is 2.76. The zero-order chi connectivity index (χ0) is 21.1. The molecule has 1 aromatic heterocycles. The van der Waals surface area contributed by atoms with Crippen molar-refractivity contribution in [1.82, 2.24) is 14.5 Å². The van der Waals surface area contributed by atoms with Gasteiger partial charge < -0.3 is 9.80 Å². The molecule has 1 atom stereocenters. The summed E-state index contributed by atoms with van der Waals surface area (Å²) in [6.07, 6.45) is 3.62. The van der Waals surface area contributed by atoms with Gasteiger partial charge in [0.15, 0.2) is 11.6 Å². The maximum absolute atomic E-state index is 13.0. The summed E-state index contributed by atoms with van der Waals surface area (Å²) in [5, 5.41) is 8.84. The van der Waals surface area contributed by atoms with Gasteiger partial charge in [-0.05, 0) is 56.0 Å². The lowest BCUT2D eigenvalue weighted by Crippen LogP contribution is -2.49. The van der Waals surface area contributed by atoms with E-state index >= 15 is 0 Å². The first-order chi connectivity index (χ1) is 14.4. The Hall–Kier alpha value is -2.26. The van der Waals surface area contributed by atoms with E-state index in [4.69, 9.17) is 0 Å². The topological polar surface area (TPSA) is 69.6 Å². The van der Waals surface area contributed by atoms with Crippen LogP contribution in [0.5, 0.6) is 0 Å². The number of hydrogen-bond acceptors (Lipinski definition) is 6. The van der Waals surface area contributed by atoms with Crippen molar-refractivity contribution in [1.29, 1.82) is 0 Å². The fourth-order valence-corrected chi connectivity index (χ4v) is 5.67. The Bertz CT molecular complexity index is 944. The number of piperidine rings is 1. The Labute approximate surface area is 177 Å². The first-order valence-corrected chi connectivity index (χ1v) is 12.1. The molecule has 2 aromatic rings. The van der Waals surface area contributed by atoms with Gasteiger partial charge in [0, 0.05) is 38.8 Å². The lowest BCUT2D eigenvalue weighted by molar-refractivity contribution is 0.383. The van der Waals surface area contributed by atoms with E-state index in [1.165, 1.54) is 47.8 Å². The standard InChI is InChI=1S/C21H28FN5O2S/c1-17-4-2-3-11-27(17)21-10-9-20(23-24-21)25-12-14-26(15-13-25)30(28,29)16-18-5-7-19(22)8-6-18/h5-10,17H,2-4,11-16H2,1H3. The Morgan fingerprint density at radius 3 is 2.23 bits per heavy atom. The van der Waals surface area contributed by atoms with Gasteiger partial charge >= 0.3 is 0 Å². The molecule has 0 bridgehead atoms. The van der Waals surface area contributed by atoms with E-state index in [1.54, 1.807) is 0 Å². The third kappa shape index (κ3) is 4.73. The molecule has 3 heterocycles. The van der Waals surface area contributed by atoms with Crippen LogP contribution in [0.3, 0.4) is 0 Å². The van der Waals surface area contributed by atoms with Gasteiger partial charge in [-0.3, -0.25) is 0 Å². The van der Waals surface area contributed by atoms with E-state index in [0.29, 0.717) is 37.8 Å². The fraction of sp³-hybridized carbons (Fsp3) is 0.524. The van der Waals surface area contributed by atoms with Crippen LogP contribution in [0.15, 0.2) is 36.4 Å². The second-order valence-electron chi connectivity index (χ2n) is 8.06. The Balaban J connectivity index is 1.35. The Kier molecular flexibility index (Phi) is 6.19. The zero-order valence-corrected chi connectivity index (χ0v) is 18.1. The normalized spacial score (nSPS) is 21.1. The molecule has 1 aromatic carbocycles. The van der Waals surface area contributed by atoms with Gasteiger partial charge in [-0.15, -0.1) is 10.2 Å². The maximum Gasteiger partial charge on any atom is 0.218 e. The van der Waals surface area contributed by atoms with Crippen LogP contribution in [-0.4, -0.2) is 61.7 Å². The maximum atomic E-state index is 13.0. The summed E-state index contributed by atoms with van der Waals surface area (Å²) in [5.41, 5.74) is 0.590. The molecule has 1 unspecified atom stereocenters. The van der Waals surface area contributed by atoms with Crippen molar-refractivity contribution in [2.75, 3.05) is 42.5 Å². The monoisotopic (exact) mass is 433 g/mol. The van der Waals surface area contributed by atoms with Gasteiger partial charge in [0.1, 0.15) is 5.82 Å². The summed E-state index contributed by atoms with van der Waals surface area (Å²) in [5.74, 6) is 1.20. The molecule has 30 heavy (non-hydrogen) atoms. The molecule has 0 saturated carbocycles. The number of rotatable bonds is 5. The highest BCUT2D eigenvalue weighted by atomic mass is 32.2. The highest BCUT2D eigenvalue weighted by Crippen LogP contribution is 2.24. The molecule has 0 N–H and O–H groups in total. The molecular formula is C21H28FN5O2S. The summed E-state index contributed by atoms with van der Waals surface area (Å²) in [4.78, 5) is 4.38. The first kappa shape index (κ1) is 21.0. The van der Waals surface area contributed by atoms with Crippen molar-refractivity contribution >= 4 is 21.7 Å². The Morgan fingerprint density at radius 1 is 0.933 bits per heavy atom. The van der Waals surface area contributed by atoms with Crippen molar-refractivity contribution in [2.24, 2.45) is 0 Å². The average molecular weight is 434 g/mol. The summed E-state index contributed by atoms with van der Waals surface area (Å²) in [7, 11) is -3.44. The van der Waals surface area contributed by atoms with Crippen LogP contribution in [-0.2, 0) is 15.8 Å². The number of halogens is 1. The largest absolute Gasteiger partial charge is 0.352 e. The minimum Gasteiger partial charge on any atom is -0.352 e. The minimum absolute atomic E-state index is 0.115. The van der Waals surface area contributed by atoms with Crippen molar-refractivity contribution in [3.05, 3.63) is 47.8 Å². The van der Waals surface area contributed by atoms with E-state index in [1.807, 2.05) is 12.1 Å². The molecule has 7 nitrogen and oxygen atoms in total. The third-order valence-electron chi connectivity index (χ3n) is 5.95. The zero-order valence-electron chi connectivity index (χ0n) is 17.2. The first-order valence-electron chi connectivity index (χ1n) is 10.5. The molecule has 2 aliphatic rings. The van der Waals surface area contributed by atoms with Gasteiger partial charge in [0.05, 0.1) is 5.75 Å². The van der Waals surface area contributed by atoms with E-state index in [-0.39, 0.29) is 11.6 Å². The highest BCUT2D eigenvalue weighted by Gasteiger charge is 2.28. The molecule has 0 aliphatic carbocycles.